The van der Waals surface area contributed by atoms with Gasteiger partial charge in [-0.3, -0.25) is 4.98 Å². The minimum atomic E-state index is -0.609. The fraction of sp³-hybridized carbons (Fsp3) is 0.414. The first-order chi connectivity index (χ1) is 16.6. The highest BCUT2D eigenvalue weighted by atomic mass is 16.5. The summed E-state index contributed by atoms with van der Waals surface area (Å²) >= 11 is 0. The summed E-state index contributed by atoms with van der Waals surface area (Å²) in [7, 11) is 1.86. The lowest BCUT2D eigenvalue weighted by Gasteiger charge is -2.36. The van der Waals surface area contributed by atoms with Crippen LogP contribution >= 0.6 is 0 Å². The second-order valence-corrected chi connectivity index (χ2v) is 9.84. The van der Waals surface area contributed by atoms with Gasteiger partial charge >= 0.3 is 11.9 Å². The van der Waals surface area contributed by atoms with Gasteiger partial charge in [0.05, 0.1) is 30.3 Å². The van der Waals surface area contributed by atoms with Crippen molar-refractivity contribution in [3.8, 4) is 11.1 Å². The molecule has 186 valence electrons. The molecule has 0 saturated carbocycles. The van der Waals surface area contributed by atoms with Crippen LogP contribution in [0.15, 0.2) is 71.3 Å². The topological polar surface area (TPSA) is 68.7 Å². The van der Waals surface area contributed by atoms with Crippen LogP contribution in [0.4, 0.5) is 0 Å². The minimum Gasteiger partial charge on any atom is -0.462 e. The van der Waals surface area contributed by atoms with Crippen LogP contribution in [0.5, 0.6) is 0 Å². The van der Waals surface area contributed by atoms with Crippen LogP contribution in [0.1, 0.15) is 53.0 Å². The smallest absolute Gasteiger partial charge is 0.336 e. The summed E-state index contributed by atoms with van der Waals surface area (Å²) in [5, 5.41) is 0. The third-order valence-corrected chi connectivity index (χ3v) is 6.11. The Labute approximate surface area is 208 Å². The van der Waals surface area contributed by atoms with Crippen molar-refractivity contribution in [2.24, 2.45) is 11.8 Å². The van der Waals surface area contributed by atoms with E-state index in [4.69, 9.17) is 9.47 Å². The van der Waals surface area contributed by atoms with Crippen LogP contribution in [0.2, 0.25) is 0 Å². The third-order valence-electron chi connectivity index (χ3n) is 6.11. The largest absolute Gasteiger partial charge is 0.462 e. The number of rotatable bonds is 8. The van der Waals surface area contributed by atoms with Crippen LogP contribution < -0.4 is 0 Å². The number of allylic oxidation sites excluding steroid dienone is 2. The van der Waals surface area contributed by atoms with E-state index in [0.717, 1.165) is 28.1 Å². The highest BCUT2D eigenvalue weighted by Crippen LogP contribution is 2.43. The van der Waals surface area contributed by atoms with E-state index in [9.17, 15) is 9.59 Å². The number of carbonyl (C=O) groups excluding carboxylic acids is 2. The Morgan fingerprint density at radius 3 is 1.91 bits per heavy atom. The number of esters is 2. The monoisotopic (exact) mass is 476 g/mol. The molecule has 0 amide bonds. The van der Waals surface area contributed by atoms with Crippen molar-refractivity contribution in [2.45, 2.75) is 47.5 Å². The predicted molar refractivity (Wildman–Crippen MR) is 137 cm³/mol. The lowest BCUT2D eigenvalue weighted by atomic mass is 9.79. The second-order valence-electron chi connectivity index (χ2n) is 9.84. The molecule has 2 aromatic rings. The predicted octanol–water partition coefficient (Wildman–Crippen LogP) is 5.72. The van der Waals surface area contributed by atoms with Crippen molar-refractivity contribution in [1.29, 1.82) is 0 Å². The molecule has 0 bridgehead atoms. The average Bonchev–Trinajstić information content (AvgIpc) is 2.84. The average molecular weight is 477 g/mol. The molecule has 6 nitrogen and oxygen atoms in total. The lowest BCUT2D eigenvalue weighted by Crippen LogP contribution is -2.34. The van der Waals surface area contributed by atoms with Gasteiger partial charge in [0.1, 0.15) is 0 Å². The molecule has 1 aromatic carbocycles. The molecule has 0 atom stereocenters. The molecule has 0 radical (unpaired) electrons. The van der Waals surface area contributed by atoms with Crippen molar-refractivity contribution in [2.75, 3.05) is 20.3 Å². The molecule has 0 unspecified atom stereocenters. The molecular weight excluding hydrogens is 440 g/mol. The summed E-state index contributed by atoms with van der Waals surface area (Å²) in [5.41, 5.74) is 5.16. The zero-order valence-electron chi connectivity index (χ0n) is 21.8. The minimum absolute atomic E-state index is 0.196. The molecular formula is C29H36N2O4. The summed E-state index contributed by atoms with van der Waals surface area (Å²) in [6, 6.07) is 11.8. The Kier molecular flexibility index (Phi) is 8.49. The summed E-state index contributed by atoms with van der Waals surface area (Å²) in [4.78, 5) is 33.0. The molecule has 35 heavy (non-hydrogen) atoms. The zero-order valence-corrected chi connectivity index (χ0v) is 21.8. The highest BCUT2D eigenvalue weighted by Gasteiger charge is 2.40. The van der Waals surface area contributed by atoms with Crippen LogP contribution in [0.25, 0.3) is 11.1 Å². The molecule has 0 fully saturated rings. The third kappa shape index (κ3) is 5.99. The second kappa shape index (κ2) is 11.3. The first kappa shape index (κ1) is 26.2. The fourth-order valence-electron chi connectivity index (χ4n) is 4.11. The van der Waals surface area contributed by atoms with Crippen molar-refractivity contribution >= 4 is 11.9 Å². The normalized spacial score (nSPS) is 14.7. The quantitative estimate of drug-likeness (QED) is 0.454. The van der Waals surface area contributed by atoms with Crippen LogP contribution in [0.3, 0.4) is 0 Å². The van der Waals surface area contributed by atoms with Gasteiger partial charge in [0, 0.05) is 30.8 Å². The highest BCUT2D eigenvalue weighted by molar-refractivity contribution is 6.00. The van der Waals surface area contributed by atoms with Crippen LogP contribution in [0, 0.1) is 11.8 Å². The molecule has 0 spiro atoms. The summed E-state index contributed by atoms with van der Waals surface area (Å²) in [5.74, 6) is -1.05. The van der Waals surface area contributed by atoms with Gasteiger partial charge in [-0.25, -0.2) is 9.59 Å². The molecule has 1 aromatic heterocycles. The summed E-state index contributed by atoms with van der Waals surface area (Å²) < 4.78 is 11.4. The summed E-state index contributed by atoms with van der Waals surface area (Å²) in [6.07, 6.45) is 3.53. The molecule has 3 rings (SSSR count). The Hall–Kier alpha value is -3.41. The van der Waals surface area contributed by atoms with Crippen molar-refractivity contribution in [3.05, 3.63) is 76.9 Å². The van der Waals surface area contributed by atoms with Gasteiger partial charge in [0.15, 0.2) is 0 Å². The van der Waals surface area contributed by atoms with Gasteiger partial charge in [-0.05, 0) is 48.4 Å². The van der Waals surface area contributed by atoms with E-state index in [2.05, 4.69) is 4.98 Å². The number of hydrogen-bond donors (Lipinski definition) is 0. The number of benzene rings is 1. The number of carbonyl (C=O) groups is 2. The number of aromatic nitrogens is 1. The van der Waals surface area contributed by atoms with Gasteiger partial charge in [-0.15, -0.1) is 0 Å². The van der Waals surface area contributed by atoms with E-state index in [0.29, 0.717) is 24.4 Å². The Morgan fingerprint density at radius 1 is 0.886 bits per heavy atom. The standard InChI is InChI=1S/C29H36N2O4/c1-18(2)16-34-28(32)25-20(5)31(7)21(6)26(29(33)35-17-19(3)4)27(25)23-11-8-10-22(14-23)24-12-9-13-30-15-24/h8-15,18-19,27H,16-17H2,1-7H3. The fourth-order valence-corrected chi connectivity index (χ4v) is 4.11. The first-order valence-electron chi connectivity index (χ1n) is 12.1. The Morgan fingerprint density at radius 2 is 1.43 bits per heavy atom. The van der Waals surface area contributed by atoms with Gasteiger partial charge in [-0.1, -0.05) is 58.0 Å². The van der Waals surface area contributed by atoms with E-state index in [1.807, 2.05) is 89.9 Å². The van der Waals surface area contributed by atoms with Gasteiger partial charge in [0.25, 0.3) is 0 Å². The zero-order chi connectivity index (χ0) is 25.7. The van der Waals surface area contributed by atoms with Gasteiger partial charge < -0.3 is 14.4 Å². The summed E-state index contributed by atoms with van der Waals surface area (Å²) in [6.45, 7) is 12.4. The molecule has 0 saturated heterocycles. The molecule has 0 aliphatic carbocycles. The molecule has 6 heteroatoms. The number of hydrogen-bond acceptors (Lipinski definition) is 6. The first-order valence-corrected chi connectivity index (χ1v) is 12.1. The van der Waals surface area contributed by atoms with Gasteiger partial charge in [0.2, 0.25) is 0 Å². The molecule has 1 aliphatic heterocycles. The van der Waals surface area contributed by atoms with Crippen LogP contribution in [-0.2, 0) is 19.1 Å². The number of pyridine rings is 1. The maximum Gasteiger partial charge on any atom is 0.336 e. The SMILES string of the molecule is CC1=C(C(=O)OCC(C)C)C(c2cccc(-c3cccnc3)c2)C(C(=O)OCC(C)C)=C(C)N1C. The lowest BCUT2D eigenvalue weighted by molar-refractivity contribution is -0.141. The van der Waals surface area contributed by atoms with Crippen molar-refractivity contribution < 1.29 is 19.1 Å². The van der Waals surface area contributed by atoms with Gasteiger partial charge in [-0.2, -0.15) is 0 Å². The maximum atomic E-state index is 13.4. The van der Waals surface area contributed by atoms with E-state index < -0.39 is 17.9 Å². The maximum absolute atomic E-state index is 13.4. The molecule has 0 N–H and O–H groups in total. The number of nitrogens with zero attached hydrogens (tertiary/aromatic N) is 2. The molecule has 1 aliphatic rings. The van der Waals surface area contributed by atoms with Crippen LogP contribution in [-0.4, -0.2) is 42.1 Å². The Bertz CT molecular complexity index is 1080. The Balaban J connectivity index is 2.16. The van der Waals surface area contributed by atoms with E-state index in [-0.39, 0.29) is 11.8 Å². The van der Waals surface area contributed by atoms with E-state index >= 15 is 0 Å². The molecule has 2 heterocycles. The van der Waals surface area contributed by atoms with E-state index in [1.165, 1.54) is 0 Å². The van der Waals surface area contributed by atoms with Crippen molar-refractivity contribution in [1.82, 2.24) is 9.88 Å². The number of ether oxygens (including phenoxy) is 2. The van der Waals surface area contributed by atoms with E-state index in [1.54, 1.807) is 12.4 Å². The van der Waals surface area contributed by atoms with Crippen molar-refractivity contribution in [3.63, 3.8) is 0 Å².